The van der Waals surface area contributed by atoms with Crippen LogP contribution in [0.15, 0.2) is 24.3 Å². The number of rotatable bonds is 4. The van der Waals surface area contributed by atoms with Gasteiger partial charge in [0.2, 0.25) is 0 Å². The molecule has 4 bridgehead atoms. The van der Waals surface area contributed by atoms with E-state index >= 15 is 0 Å². The minimum atomic E-state index is -0.0880. The molecule has 1 aromatic carbocycles. The molecule has 1 atom stereocenters. The maximum Gasteiger partial charge on any atom is 0.251 e. The van der Waals surface area contributed by atoms with E-state index in [1.807, 2.05) is 24.3 Å². The van der Waals surface area contributed by atoms with E-state index in [1.54, 1.807) is 0 Å². The highest BCUT2D eigenvalue weighted by atomic mass is 16.3. The first-order valence-corrected chi connectivity index (χ1v) is 9.09. The number of aliphatic hydroxyl groups is 1. The van der Waals surface area contributed by atoms with Gasteiger partial charge < -0.3 is 10.4 Å². The molecule has 3 nitrogen and oxygen atoms in total. The van der Waals surface area contributed by atoms with Crippen molar-refractivity contribution < 1.29 is 9.90 Å². The molecule has 1 unspecified atom stereocenters. The molecule has 4 fully saturated rings. The second kappa shape index (κ2) is 5.62. The zero-order valence-electron chi connectivity index (χ0n) is 13.9. The van der Waals surface area contributed by atoms with E-state index in [1.165, 1.54) is 38.5 Å². The van der Waals surface area contributed by atoms with E-state index in [2.05, 4.69) is 12.2 Å². The number of amides is 1. The normalized spacial score (nSPS) is 36.0. The van der Waals surface area contributed by atoms with Crippen molar-refractivity contribution in [3.05, 3.63) is 35.4 Å². The van der Waals surface area contributed by atoms with Crippen LogP contribution in [-0.4, -0.2) is 17.1 Å². The van der Waals surface area contributed by atoms with Gasteiger partial charge in [-0.05, 0) is 80.2 Å². The molecule has 0 aliphatic heterocycles. The van der Waals surface area contributed by atoms with Gasteiger partial charge in [-0.2, -0.15) is 0 Å². The fourth-order valence-electron chi connectivity index (χ4n) is 6.02. The van der Waals surface area contributed by atoms with Gasteiger partial charge in [-0.3, -0.25) is 4.79 Å². The number of benzene rings is 1. The predicted octanol–water partition coefficient (Wildman–Crippen LogP) is 3.51. The molecule has 0 radical (unpaired) electrons. The molecule has 4 aliphatic carbocycles. The molecule has 0 heterocycles. The zero-order chi connectivity index (χ0) is 16.0. The summed E-state index contributed by atoms with van der Waals surface area (Å²) in [5, 5.41) is 12.7. The van der Waals surface area contributed by atoms with Crippen molar-refractivity contribution >= 4 is 5.91 Å². The SMILES string of the molecule is CC(NC(=O)c1ccccc1CO)C12CC3CC(CC(C3)C1)C2. The molecule has 0 saturated heterocycles. The minimum Gasteiger partial charge on any atom is -0.392 e. The van der Waals surface area contributed by atoms with Crippen molar-refractivity contribution in [2.75, 3.05) is 0 Å². The molecule has 1 amide bonds. The van der Waals surface area contributed by atoms with Gasteiger partial charge >= 0.3 is 0 Å². The Kier molecular flexibility index (Phi) is 3.72. The molecule has 124 valence electrons. The van der Waals surface area contributed by atoms with Crippen LogP contribution in [0.4, 0.5) is 0 Å². The van der Waals surface area contributed by atoms with E-state index in [-0.39, 0.29) is 18.6 Å². The van der Waals surface area contributed by atoms with Crippen molar-refractivity contribution in [2.45, 2.75) is 58.1 Å². The first-order valence-electron chi connectivity index (χ1n) is 9.09. The summed E-state index contributed by atoms with van der Waals surface area (Å²) in [6.07, 6.45) is 8.15. The van der Waals surface area contributed by atoms with Crippen LogP contribution in [0, 0.1) is 23.2 Å². The summed E-state index contributed by atoms with van der Waals surface area (Å²) in [4.78, 5) is 12.7. The number of aliphatic hydroxyl groups excluding tert-OH is 1. The molecule has 1 aromatic rings. The van der Waals surface area contributed by atoms with E-state index in [0.29, 0.717) is 16.5 Å². The number of carbonyl (C=O) groups excluding carboxylic acids is 1. The molecule has 3 heteroatoms. The standard InChI is InChI=1S/C20H27NO2/c1-13(21-19(23)18-5-3-2-4-17(18)12-22)20-9-14-6-15(10-20)8-16(7-14)11-20/h2-5,13-16,22H,6-12H2,1H3,(H,21,23). The Balaban J connectivity index is 1.51. The third-order valence-corrected chi connectivity index (χ3v) is 6.78. The Labute approximate surface area is 138 Å². The number of nitrogens with one attached hydrogen (secondary N) is 1. The van der Waals surface area contributed by atoms with Crippen molar-refractivity contribution in [2.24, 2.45) is 23.2 Å². The van der Waals surface area contributed by atoms with Gasteiger partial charge in [-0.1, -0.05) is 18.2 Å². The molecule has 2 N–H and O–H groups in total. The van der Waals surface area contributed by atoms with Crippen molar-refractivity contribution in [3.63, 3.8) is 0 Å². The minimum absolute atomic E-state index is 0.0297. The molecular formula is C20H27NO2. The summed E-state index contributed by atoms with van der Waals surface area (Å²) < 4.78 is 0. The molecular weight excluding hydrogens is 286 g/mol. The van der Waals surface area contributed by atoms with Crippen molar-refractivity contribution in [1.82, 2.24) is 5.32 Å². The summed E-state index contributed by atoms with van der Waals surface area (Å²) in [6, 6.07) is 7.58. The fraction of sp³-hybridized carbons (Fsp3) is 0.650. The Bertz CT molecular complexity index is 574. The highest BCUT2D eigenvalue weighted by Crippen LogP contribution is 2.61. The lowest BCUT2D eigenvalue weighted by atomic mass is 9.48. The zero-order valence-corrected chi connectivity index (χ0v) is 13.9. The first kappa shape index (κ1) is 15.2. The maximum absolute atomic E-state index is 12.7. The molecule has 4 saturated carbocycles. The van der Waals surface area contributed by atoms with Crippen LogP contribution in [0.2, 0.25) is 0 Å². The molecule has 4 aliphatic rings. The van der Waals surface area contributed by atoms with Crippen LogP contribution in [0.5, 0.6) is 0 Å². The lowest BCUT2D eigenvalue weighted by Gasteiger charge is -2.59. The highest BCUT2D eigenvalue weighted by Gasteiger charge is 2.53. The molecule has 5 rings (SSSR count). The highest BCUT2D eigenvalue weighted by molar-refractivity contribution is 5.95. The fourth-order valence-corrected chi connectivity index (χ4v) is 6.02. The Morgan fingerprint density at radius 1 is 1.17 bits per heavy atom. The topological polar surface area (TPSA) is 49.3 Å². The van der Waals surface area contributed by atoms with E-state index in [0.717, 1.165) is 17.8 Å². The third kappa shape index (κ3) is 2.59. The molecule has 0 spiro atoms. The van der Waals surface area contributed by atoms with Crippen LogP contribution in [0.1, 0.15) is 61.4 Å². The van der Waals surface area contributed by atoms with Gasteiger partial charge in [0.15, 0.2) is 0 Å². The lowest BCUT2D eigenvalue weighted by molar-refractivity contribution is -0.0688. The van der Waals surface area contributed by atoms with E-state index < -0.39 is 0 Å². The summed E-state index contributed by atoms with van der Waals surface area (Å²) in [6.45, 7) is 2.11. The maximum atomic E-state index is 12.7. The van der Waals surface area contributed by atoms with Crippen molar-refractivity contribution in [3.8, 4) is 0 Å². The van der Waals surface area contributed by atoms with Crippen LogP contribution >= 0.6 is 0 Å². The van der Waals surface area contributed by atoms with Gasteiger partial charge in [0.1, 0.15) is 0 Å². The molecule has 23 heavy (non-hydrogen) atoms. The molecule has 0 aromatic heterocycles. The number of hydrogen-bond donors (Lipinski definition) is 2. The van der Waals surface area contributed by atoms with Gasteiger partial charge in [0.05, 0.1) is 6.61 Å². The van der Waals surface area contributed by atoms with Gasteiger partial charge in [0, 0.05) is 11.6 Å². The van der Waals surface area contributed by atoms with Gasteiger partial charge in [-0.25, -0.2) is 0 Å². The summed E-state index contributed by atoms with van der Waals surface area (Å²) in [5.41, 5.74) is 1.65. The smallest absolute Gasteiger partial charge is 0.251 e. The van der Waals surface area contributed by atoms with Crippen LogP contribution < -0.4 is 5.32 Å². The third-order valence-electron chi connectivity index (χ3n) is 6.78. The Morgan fingerprint density at radius 3 is 2.30 bits per heavy atom. The van der Waals surface area contributed by atoms with Crippen molar-refractivity contribution in [1.29, 1.82) is 0 Å². The Hall–Kier alpha value is -1.35. The largest absolute Gasteiger partial charge is 0.392 e. The van der Waals surface area contributed by atoms with Crippen LogP contribution in [0.25, 0.3) is 0 Å². The van der Waals surface area contributed by atoms with Gasteiger partial charge in [-0.15, -0.1) is 0 Å². The average Bonchev–Trinajstić information content (AvgIpc) is 2.53. The van der Waals surface area contributed by atoms with E-state index in [4.69, 9.17) is 0 Å². The quantitative estimate of drug-likeness (QED) is 0.893. The number of carbonyl (C=O) groups is 1. The van der Waals surface area contributed by atoms with Gasteiger partial charge in [0.25, 0.3) is 5.91 Å². The predicted molar refractivity (Wildman–Crippen MR) is 89.9 cm³/mol. The second-order valence-electron chi connectivity index (χ2n) is 8.29. The monoisotopic (exact) mass is 313 g/mol. The summed E-state index contributed by atoms with van der Waals surface area (Å²) in [7, 11) is 0. The number of hydrogen-bond acceptors (Lipinski definition) is 2. The first-order chi connectivity index (χ1) is 11.1. The van der Waals surface area contributed by atoms with Crippen LogP contribution in [0.3, 0.4) is 0 Å². The van der Waals surface area contributed by atoms with E-state index in [9.17, 15) is 9.90 Å². The summed E-state index contributed by atoms with van der Waals surface area (Å²) in [5.74, 6) is 2.65. The average molecular weight is 313 g/mol. The summed E-state index contributed by atoms with van der Waals surface area (Å²) >= 11 is 0. The second-order valence-corrected chi connectivity index (χ2v) is 8.29. The van der Waals surface area contributed by atoms with Crippen LogP contribution in [-0.2, 0) is 6.61 Å². The Morgan fingerprint density at radius 2 is 1.74 bits per heavy atom. The lowest BCUT2D eigenvalue weighted by Crippen LogP contribution is -2.55.